The van der Waals surface area contributed by atoms with E-state index in [-0.39, 0.29) is 30.1 Å². The number of nitro groups is 1. The van der Waals surface area contributed by atoms with Gasteiger partial charge in [-0.25, -0.2) is 0 Å². The molecule has 1 aliphatic rings. The predicted molar refractivity (Wildman–Crippen MR) is 61.2 cm³/mol. The summed E-state index contributed by atoms with van der Waals surface area (Å²) in [6.45, 7) is 0. The number of benzene rings is 1. The third-order valence-corrected chi connectivity index (χ3v) is 3.14. The van der Waals surface area contributed by atoms with Crippen LogP contribution in [-0.4, -0.2) is 17.8 Å². The Morgan fingerprint density at radius 2 is 2.17 bits per heavy atom. The Morgan fingerprint density at radius 1 is 1.50 bits per heavy atom. The first-order chi connectivity index (χ1) is 8.52. The zero-order valence-corrected chi connectivity index (χ0v) is 9.67. The second-order valence-electron chi connectivity index (χ2n) is 4.23. The zero-order chi connectivity index (χ0) is 13.3. The standard InChI is InChI=1S/C12H10N2O4/c1-18-11-3-2-8(4-10(11)14(16)17)12(7-13)5-9(15)6-12/h2-4H,5-6H2,1H3. The molecule has 1 saturated carbocycles. The smallest absolute Gasteiger partial charge is 0.311 e. The Bertz CT molecular complexity index is 566. The maximum Gasteiger partial charge on any atom is 0.311 e. The second kappa shape index (κ2) is 4.11. The van der Waals surface area contributed by atoms with E-state index in [1.54, 1.807) is 6.07 Å². The number of methoxy groups -OCH3 is 1. The van der Waals surface area contributed by atoms with Crippen LogP contribution in [0, 0.1) is 21.4 Å². The van der Waals surface area contributed by atoms with Crippen LogP contribution in [0.5, 0.6) is 5.75 Å². The fraction of sp³-hybridized carbons (Fsp3) is 0.333. The molecule has 0 radical (unpaired) electrons. The van der Waals surface area contributed by atoms with E-state index < -0.39 is 10.3 Å². The first-order valence-corrected chi connectivity index (χ1v) is 5.28. The van der Waals surface area contributed by atoms with E-state index in [1.165, 1.54) is 19.2 Å². The quantitative estimate of drug-likeness (QED) is 0.598. The van der Waals surface area contributed by atoms with E-state index in [2.05, 4.69) is 6.07 Å². The molecule has 0 aromatic heterocycles. The van der Waals surface area contributed by atoms with Gasteiger partial charge in [-0.05, 0) is 11.6 Å². The van der Waals surface area contributed by atoms with Crippen molar-refractivity contribution in [2.45, 2.75) is 18.3 Å². The van der Waals surface area contributed by atoms with Crippen LogP contribution in [0.15, 0.2) is 18.2 Å². The third-order valence-electron chi connectivity index (χ3n) is 3.14. The van der Waals surface area contributed by atoms with Gasteiger partial charge >= 0.3 is 5.69 Å². The van der Waals surface area contributed by atoms with Crippen LogP contribution in [0.3, 0.4) is 0 Å². The van der Waals surface area contributed by atoms with E-state index >= 15 is 0 Å². The van der Waals surface area contributed by atoms with Crippen molar-refractivity contribution in [3.8, 4) is 11.8 Å². The molecule has 92 valence electrons. The average molecular weight is 246 g/mol. The van der Waals surface area contributed by atoms with Crippen LogP contribution >= 0.6 is 0 Å². The molecule has 0 heterocycles. The lowest BCUT2D eigenvalue weighted by Gasteiger charge is -2.33. The van der Waals surface area contributed by atoms with Crippen LogP contribution in [0.4, 0.5) is 5.69 Å². The molecule has 6 nitrogen and oxygen atoms in total. The Labute approximate surface area is 103 Å². The summed E-state index contributed by atoms with van der Waals surface area (Å²) in [4.78, 5) is 21.4. The minimum absolute atomic E-state index is 0.00461. The molecule has 0 aliphatic heterocycles. The van der Waals surface area contributed by atoms with Gasteiger partial charge < -0.3 is 4.74 Å². The van der Waals surface area contributed by atoms with Crippen molar-refractivity contribution >= 4 is 11.5 Å². The fourth-order valence-electron chi connectivity index (χ4n) is 2.10. The average Bonchev–Trinajstić information content (AvgIpc) is 2.33. The van der Waals surface area contributed by atoms with Crippen molar-refractivity contribution in [3.05, 3.63) is 33.9 Å². The van der Waals surface area contributed by atoms with Crippen LogP contribution < -0.4 is 4.74 Å². The van der Waals surface area contributed by atoms with Gasteiger partial charge in [0, 0.05) is 18.9 Å². The Hall–Kier alpha value is -2.42. The van der Waals surface area contributed by atoms with E-state index in [9.17, 15) is 14.9 Å². The summed E-state index contributed by atoms with van der Waals surface area (Å²) in [7, 11) is 1.34. The van der Waals surface area contributed by atoms with Crippen LogP contribution in [0.2, 0.25) is 0 Å². The van der Waals surface area contributed by atoms with Crippen molar-refractivity contribution in [3.63, 3.8) is 0 Å². The van der Waals surface area contributed by atoms with Gasteiger partial charge in [-0.2, -0.15) is 5.26 Å². The number of nitrogens with zero attached hydrogens (tertiary/aromatic N) is 2. The number of hydrogen-bond donors (Lipinski definition) is 0. The van der Waals surface area contributed by atoms with Crippen molar-refractivity contribution < 1.29 is 14.5 Å². The highest BCUT2D eigenvalue weighted by Crippen LogP contribution is 2.43. The van der Waals surface area contributed by atoms with Gasteiger partial charge in [0.2, 0.25) is 0 Å². The van der Waals surface area contributed by atoms with Crippen molar-refractivity contribution in [1.82, 2.24) is 0 Å². The minimum Gasteiger partial charge on any atom is -0.490 e. The molecule has 6 heteroatoms. The summed E-state index contributed by atoms with van der Waals surface area (Å²) >= 11 is 0. The molecule has 1 aromatic rings. The van der Waals surface area contributed by atoms with Crippen LogP contribution in [0.1, 0.15) is 18.4 Å². The summed E-state index contributed by atoms with van der Waals surface area (Å²) in [6, 6.07) is 6.45. The number of carbonyl (C=O) groups is 1. The number of nitriles is 1. The van der Waals surface area contributed by atoms with E-state index in [1.807, 2.05) is 0 Å². The highest BCUT2D eigenvalue weighted by molar-refractivity contribution is 5.90. The van der Waals surface area contributed by atoms with Gasteiger partial charge in [-0.1, -0.05) is 6.07 Å². The summed E-state index contributed by atoms with van der Waals surface area (Å²) in [5.74, 6) is 0.137. The normalized spacial score (nSPS) is 16.6. The number of Topliss-reactive ketones (excluding diaryl/α,β-unsaturated/α-hetero) is 1. The molecule has 0 unspecified atom stereocenters. The second-order valence-corrected chi connectivity index (χ2v) is 4.23. The lowest BCUT2D eigenvalue weighted by molar-refractivity contribution is -0.385. The van der Waals surface area contributed by atoms with Crippen molar-refractivity contribution in [1.29, 1.82) is 5.26 Å². The summed E-state index contributed by atoms with van der Waals surface area (Å²) in [6.07, 6.45) is 0.236. The molecule has 0 amide bonds. The van der Waals surface area contributed by atoms with Crippen molar-refractivity contribution in [2.75, 3.05) is 7.11 Å². The topological polar surface area (TPSA) is 93.2 Å². The maximum atomic E-state index is 11.1. The minimum atomic E-state index is -0.909. The van der Waals surface area contributed by atoms with Gasteiger partial charge in [-0.3, -0.25) is 14.9 Å². The molecule has 1 aromatic carbocycles. The lowest BCUT2D eigenvalue weighted by Crippen LogP contribution is -2.40. The first-order valence-electron chi connectivity index (χ1n) is 5.28. The number of rotatable bonds is 3. The molecule has 2 rings (SSSR count). The monoisotopic (exact) mass is 246 g/mol. The summed E-state index contributed by atoms with van der Waals surface area (Å²) in [5.41, 5.74) is -0.602. The van der Waals surface area contributed by atoms with Gasteiger partial charge in [0.05, 0.1) is 23.5 Å². The molecular formula is C12H10N2O4. The number of hydrogen-bond acceptors (Lipinski definition) is 5. The van der Waals surface area contributed by atoms with Crippen LogP contribution in [-0.2, 0) is 10.2 Å². The number of carbonyl (C=O) groups excluding carboxylic acids is 1. The lowest BCUT2D eigenvalue weighted by atomic mass is 9.64. The van der Waals surface area contributed by atoms with Gasteiger partial charge in [0.15, 0.2) is 5.75 Å². The van der Waals surface area contributed by atoms with Gasteiger partial charge in [0.25, 0.3) is 0 Å². The first kappa shape index (κ1) is 12.0. The van der Waals surface area contributed by atoms with E-state index in [0.29, 0.717) is 5.56 Å². The highest BCUT2D eigenvalue weighted by Gasteiger charge is 2.46. The Balaban J connectivity index is 2.48. The molecule has 1 aliphatic carbocycles. The number of ether oxygens (including phenoxy) is 1. The molecule has 18 heavy (non-hydrogen) atoms. The predicted octanol–water partition coefficient (Wildman–Crippen LogP) is 1.73. The van der Waals surface area contributed by atoms with Crippen molar-refractivity contribution in [2.24, 2.45) is 0 Å². The zero-order valence-electron chi connectivity index (χ0n) is 9.67. The maximum absolute atomic E-state index is 11.1. The molecular weight excluding hydrogens is 236 g/mol. The molecule has 0 atom stereocenters. The Morgan fingerprint density at radius 3 is 2.61 bits per heavy atom. The van der Waals surface area contributed by atoms with Gasteiger partial charge in [-0.15, -0.1) is 0 Å². The molecule has 1 fully saturated rings. The fourth-order valence-corrected chi connectivity index (χ4v) is 2.10. The summed E-state index contributed by atoms with van der Waals surface area (Å²) < 4.78 is 4.89. The summed E-state index contributed by atoms with van der Waals surface area (Å²) in [5, 5.41) is 20.1. The van der Waals surface area contributed by atoms with Gasteiger partial charge in [0.1, 0.15) is 5.78 Å². The van der Waals surface area contributed by atoms with Crippen LogP contribution in [0.25, 0.3) is 0 Å². The molecule has 0 N–H and O–H groups in total. The molecule has 0 spiro atoms. The molecule has 0 bridgehead atoms. The Kier molecular flexibility index (Phi) is 2.75. The SMILES string of the molecule is COc1ccc(C2(C#N)CC(=O)C2)cc1[N+](=O)[O-]. The van der Waals surface area contributed by atoms with E-state index in [4.69, 9.17) is 10.00 Å². The number of nitro benzene ring substituents is 1. The third kappa shape index (κ3) is 1.70. The number of ketones is 1. The molecule has 0 saturated heterocycles. The largest absolute Gasteiger partial charge is 0.490 e. The van der Waals surface area contributed by atoms with E-state index in [0.717, 1.165) is 0 Å². The highest BCUT2D eigenvalue weighted by atomic mass is 16.6.